The van der Waals surface area contributed by atoms with Gasteiger partial charge in [0, 0.05) is 12.4 Å². The molecule has 0 bridgehead atoms. The lowest BCUT2D eigenvalue weighted by Crippen LogP contribution is -2.06. The first-order valence-electron chi connectivity index (χ1n) is 6.56. The average Bonchev–Trinajstić information content (AvgIpc) is 2.48. The van der Waals surface area contributed by atoms with E-state index in [0.29, 0.717) is 30.7 Å². The predicted octanol–water partition coefficient (Wildman–Crippen LogP) is 1.86. The second-order valence-electron chi connectivity index (χ2n) is 4.14. The molecule has 6 heteroatoms. The topological polar surface area (TPSA) is 83.2 Å². The molecule has 0 aromatic carbocycles. The van der Waals surface area contributed by atoms with Crippen LogP contribution in [0.3, 0.4) is 0 Å². The summed E-state index contributed by atoms with van der Waals surface area (Å²) >= 11 is 0. The molecule has 2 N–H and O–H groups in total. The summed E-state index contributed by atoms with van der Waals surface area (Å²) in [5.74, 6) is 0.741. The van der Waals surface area contributed by atoms with Crippen LogP contribution in [0.5, 0.6) is 11.8 Å². The zero-order valence-electron chi connectivity index (χ0n) is 11.5. The molecule has 2 aromatic heterocycles. The highest BCUT2D eigenvalue weighted by Crippen LogP contribution is 2.26. The zero-order chi connectivity index (χ0) is 14.2. The maximum atomic E-state index is 5.88. The Hall–Kier alpha value is -2.37. The molecule has 0 aliphatic rings. The normalized spacial score (nSPS) is 10.2. The van der Waals surface area contributed by atoms with Crippen LogP contribution in [0.25, 0.3) is 0 Å². The molecule has 2 heterocycles. The Balaban J connectivity index is 1.83. The van der Waals surface area contributed by atoms with E-state index in [-0.39, 0.29) is 0 Å². The lowest BCUT2D eigenvalue weighted by molar-refractivity contribution is 0.291. The minimum absolute atomic E-state index is 0.346. The van der Waals surface area contributed by atoms with Crippen molar-refractivity contribution in [2.75, 3.05) is 18.9 Å². The number of nitrogens with two attached hydrogens (primary N) is 1. The molecule has 0 aliphatic heterocycles. The van der Waals surface area contributed by atoms with Crippen LogP contribution in [0.1, 0.15) is 18.9 Å². The smallest absolute Gasteiger partial charge is 0.244 e. The fourth-order valence-corrected chi connectivity index (χ4v) is 1.73. The molecular formula is C14H18N4O2. The van der Waals surface area contributed by atoms with E-state index >= 15 is 0 Å². The Kier molecular flexibility index (Phi) is 5.11. The van der Waals surface area contributed by atoms with Gasteiger partial charge in [-0.2, -0.15) is 9.97 Å². The maximum absolute atomic E-state index is 5.88. The number of rotatable bonds is 7. The number of pyridine rings is 1. The highest BCUT2D eigenvalue weighted by atomic mass is 16.5. The van der Waals surface area contributed by atoms with Gasteiger partial charge < -0.3 is 15.2 Å². The van der Waals surface area contributed by atoms with Crippen molar-refractivity contribution < 1.29 is 9.47 Å². The van der Waals surface area contributed by atoms with E-state index in [1.807, 2.05) is 19.1 Å². The van der Waals surface area contributed by atoms with E-state index in [1.165, 1.54) is 11.9 Å². The summed E-state index contributed by atoms with van der Waals surface area (Å²) < 4.78 is 10.9. The molecule has 0 atom stereocenters. The van der Waals surface area contributed by atoms with Crippen LogP contribution in [0.2, 0.25) is 0 Å². The van der Waals surface area contributed by atoms with Gasteiger partial charge in [-0.3, -0.25) is 4.98 Å². The summed E-state index contributed by atoms with van der Waals surface area (Å²) in [5, 5.41) is 0. The maximum Gasteiger partial charge on any atom is 0.244 e. The van der Waals surface area contributed by atoms with Crippen molar-refractivity contribution in [1.29, 1.82) is 0 Å². The van der Waals surface area contributed by atoms with Crippen molar-refractivity contribution in [3.05, 3.63) is 36.4 Å². The van der Waals surface area contributed by atoms with Crippen molar-refractivity contribution in [3.8, 4) is 11.8 Å². The van der Waals surface area contributed by atoms with Crippen LogP contribution in [0.15, 0.2) is 30.9 Å². The number of hydrogen-bond acceptors (Lipinski definition) is 6. The molecule has 0 unspecified atom stereocenters. The first-order chi connectivity index (χ1) is 9.81. The van der Waals surface area contributed by atoms with Gasteiger partial charge in [0.2, 0.25) is 11.8 Å². The molecule has 0 fully saturated rings. The van der Waals surface area contributed by atoms with E-state index < -0.39 is 0 Å². The van der Waals surface area contributed by atoms with Crippen LogP contribution in [0, 0.1) is 0 Å². The third-order valence-corrected chi connectivity index (χ3v) is 2.69. The predicted molar refractivity (Wildman–Crippen MR) is 75.7 cm³/mol. The van der Waals surface area contributed by atoms with E-state index in [9.17, 15) is 0 Å². The first kappa shape index (κ1) is 14.0. The van der Waals surface area contributed by atoms with Gasteiger partial charge in [0.05, 0.1) is 13.2 Å². The number of aryl methyl sites for hydroxylation is 1. The number of nitrogens with zero attached hydrogens (tertiary/aromatic N) is 3. The molecule has 0 amide bonds. The Bertz CT molecular complexity index is 534. The summed E-state index contributed by atoms with van der Waals surface area (Å²) in [6.07, 6.45) is 6.75. The highest BCUT2D eigenvalue weighted by Gasteiger charge is 2.09. The van der Waals surface area contributed by atoms with Crippen LogP contribution in [-0.4, -0.2) is 28.2 Å². The van der Waals surface area contributed by atoms with Gasteiger partial charge in [0.25, 0.3) is 0 Å². The summed E-state index contributed by atoms with van der Waals surface area (Å²) in [6.45, 7) is 2.91. The highest BCUT2D eigenvalue weighted by molar-refractivity contribution is 5.55. The van der Waals surface area contributed by atoms with E-state index in [4.69, 9.17) is 15.2 Å². The number of ether oxygens (including phenoxy) is 2. The molecule has 0 radical (unpaired) electrons. The lowest BCUT2D eigenvalue weighted by atomic mass is 10.1. The molecule has 0 saturated carbocycles. The van der Waals surface area contributed by atoms with Crippen molar-refractivity contribution in [2.24, 2.45) is 0 Å². The summed E-state index contributed by atoms with van der Waals surface area (Å²) in [6, 6.07) is 3.98. The van der Waals surface area contributed by atoms with Crippen LogP contribution in [-0.2, 0) is 6.42 Å². The monoisotopic (exact) mass is 274 g/mol. The molecule has 0 spiro atoms. The standard InChI is InChI=1S/C14H18N4O2/c1-2-19-13-12(15)14(18-10-17-13)20-9-3-4-11-5-7-16-8-6-11/h5-8,10H,2-4,9,15H2,1H3. The molecule has 0 aliphatic carbocycles. The minimum atomic E-state index is 0.346. The van der Waals surface area contributed by atoms with E-state index in [2.05, 4.69) is 15.0 Å². The molecule has 6 nitrogen and oxygen atoms in total. The number of hydrogen-bond donors (Lipinski definition) is 1. The van der Waals surface area contributed by atoms with Gasteiger partial charge in [-0.15, -0.1) is 0 Å². The second-order valence-corrected chi connectivity index (χ2v) is 4.14. The number of nitrogen functional groups attached to an aromatic ring is 1. The average molecular weight is 274 g/mol. The Morgan fingerprint density at radius 2 is 1.80 bits per heavy atom. The molecule has 0 saturated heterocycles. The van der Waals surface area contributed by atoms with Gasteiger partial charge in [-0.05, 0) is 37.5 Å². The molecular weight excluding hydrogens is 256 g/mol. The van der Waals surface area contributed by atoms with Crippen molar-refractivity contribution in [3.63, 3.8) is 0 Å². The van der Waals surface area contributed by atoms with Crippen LogP contribution >= 0.6 is 0 Å². The van der Waals surface area contributed by atoms with Crippen molar-refractivity contribution >= 4 is 5.69 Å². The fourth-order valence-electron chi connectivity index (χ4n) is 1.73. The van der Waals surface area contributed by atoms with Gasteiger partial charge in [0.1, 0.15) is 6.33 Å². The first-order valence-corrected chi connectivity index (χ1v) is 6.56. The van der Waals surface area contributed by atoms with Gasteiger partial charge in [-0.1, -0.05) is 0 Å². The Morgan fingerprint density at radius 1 is 1.10 bits per heavy atom. The fraction of sp³-hybridized carbons (Fsp3) is 0.357. The van der Waals surface area contributed by atoms with E-state index in [1.54, 1.807) is 12.4 Å². The van der Waals surface area contributed by atoms with Gasteiger partial charge in [-0.25, -0.2) is 0 Å². The van der Waals surface area contributed by atoms with Crippen molar-refractivity contribution in [1.82, 2.24) is 15.0 Å². The third-order valence-electron chi connectivity index (χ3n) is 2.69. The number of anilines is 1. The summed E-state index contributed by atoms with van der Waals surface area (Å²) in [7, 11) is 0. The SMILES string of the molecule is CCOc1ncnc(OCCCc2ccncc2)c1N. The quantitative estimate of drug-likeness (QED) is 0.776. The molecule has 2 aromatic rings. The molecule has 106 valence electrons. The third kappa shape index (κ3) is 3.81. The molecule has 2 rings (SSSR count). The second kappa shape index (κ2) is 7.28. The minimum Gasteiger partial charge on any atom is -0.476 e. The summed E-state index contributed by atoms with van der Waals surface area (Å²) in [5.41, 5.74) is 7.46. The lowest BCUT2D eigenvalue weighted by Gasteiger charge is -2.10. The Labute approximate surface area is 118 Å². The van der Waals surface area contributed by atoms with Crippen LogP contribution < -0.4 is 15.2 Å². The zero-order valence-corrected chi connectivity index (χ0v) is 11.5. The van der Waals surface area contributed by atoms with Crippen molar-refractivity contribution in [2.45, 2.75) is 19.8 Å². The van der Waals surface area contributed by atoms with Gasteiger partial charge >= 0.3 is 0 Å². The summed E-state index contributed by atoms with van der Waals surface area (Å²) in [4.78, 5) is 12.0. The largest absolute Gasteiger partial charge is 0.476 e. The van der Waals surface area contributed by atoms with Crippen LogP contribution in [0.4, 0.5) is 5.69 Å². The van der Waals surface area contributed by atoms with E-state index in [0.717, 1.165) is 12.8 Å². The van der Waals surface area contributed by atoms with Gasteiger partial charge in [0.15, 0.2) is 5.69 Å². The number of aromatic nitrogens is 3. The molecule has 20 heavy (non-hydrogen) atoms. The Morgan fingerprint density at radius 3 is 2.50 bits per heavy atom.